The highest BCUT2D eigenvalue weighted by Crippen LogP contribution is 2.16. The highest BCUT2D eigenvalue weighted by molar-refractivity contribution is 7.99. The van der Waals surface area contributed by atoms with E-state index in [2.05, 4.69) is 24.8 Å². The van der Waals surface area contributed by atoms with Crippen molar-refractivity contribution in [2.45, 2.75) is 25.6 Å². The Kier molecular flexibility index (Phi) is 6.34. The molecule has 1 saturated heterocycles. The number of thioether (sulfide) groups is 1. The number of carbonyl (C=O) groups excluding carboxylic acids is 1. The lowest BCUT2D eigenvalue weighted by atomic mass is 10.0. The fraction of sp³-hybridized carbons (Fsp3) is 0.625. The molecule has 0 saturated carbocycles. The van der Waals surface area contributed by atoms with Crippen molar-refractivity contribution >= 4 is 17.7 Å². The van der Waals surface area contributed by atoms with Crippen molar-refractivity contribution in [2.75, 3.05) is 31.9 Å². The Labute approximate surface area is 136 Å². The lowest BCUT2D eigenvalue weighted by molar-refractivity contribution is -0.130. The van der Waals surface area contributed by atoms with E-state index >= 15 is 0 Å². The van der Waals surface area contributed by atoms with Gasteiger partial charge in [-0.3, -0.25) is 9.69 Å². The molecule has 2 heterocycles. The summed E-state index contributed by atoms with van der Waals surface area (Å²) in [6, 6.07) is 6.10. The van der Waals surface area contributed by atoms with Crippen LogP contribution in [0.1, 0.15) is 19.6 Å². The lowest BCUT2D eigenvalue weighted by Crippen LogP contribution is -2.53. The Bertz CT molecular complexity index is 502. The molecule has 0 N–H and O–H groups in total. The zero-order valence-electron chi connectivity index (χ0n) is 13.2. The molecular weight excluding hydrogens is 298 g/mol. The fourth-order valence-corrected chi connectivity index (χ4v) is 3.45. The molecule has 0 radical (unpaired) electrons. The second kappa shape index (κ2) is 8.25. The van der Waals surface area contributed by atoms with E-state index in [1.54, 1.807) is 18.0 Å². The third kappa shape index (κ3) is 4.52. The quantitative estimate of drug-likeness (QED) is 0.804. The Morgan fingerprint density at radius 2 is 2.14 bits per heavy atom. The molecule has 0 aliphatic carbocycles. The summed E-state index contributed by atoms with van der Waals surface area (Å²) in [4.78, 5) is 16.3. The summed E-state index contributed by atoms with van der Waals surface area (Å²) in [6.07, 6.45) is 1.65. The van der Waals surface area contributed by atoms with Crippen LogP contribution in [0, 0.1) is 17.2 Å². The molecule has 1 atom stereocenters. The van der Waals surface area contributed by atoms with Crippen LogP contribution in [0.3, 0.4) is 0 Å². The van der Waals surface area contributed by atoms with Gasteiger partial charge in [0, 0.05) is 26.2 Å². The minimum Gasteiger partial charge on any atom is -0.468 e. The third-order valence-corrected chi connectivity index (χ3v) is 4.81. The highest BCUT2D eigenvalue weighted by Gasteiger charge is 2.27. The van der Waals surface area contributed by atoms with Gasteiger partial charge in [-0.15, -0.1) is 11.8 Å². The summed E-state index contributed by atoms with van der Waals surface area (Å²) in [6.45, 7) is 7.12. The summed E-state index contributed by atoms with van der Waals surface area (Å²) in [7, 11) is 0. The predicted octanol–water partition coefficient (Wildman–Crippen LogP) is 2.21. The SMILES string of the molecule is CC(C)[C@H](C#N)N1CCN(C(=O)CSCc2ccco2)CC1. The molecule has 1 aliphatic rings. The van der Waals surface area contributed by atoms with Crippen LogP contribution in [-0.4, -0.2) is 53.7 Å². The Hall–Kier alpha value is -1.45. The molecule has 1 aromatic heterocycles. The van der Waals surface area contributed by atoms with Crippen molar-refractivity contribution in [2.24, 2.45) is 5.92 Å². The molecule has 0 bridgehead atoms. The lowest BCUT2D eigenvalue weighted by Gasteiger charge is -2.38. The number of amides is 1. The maximum Gasteiger partial charge on any atom is 0.232 e. The van der Waals surface area contributed by atoms with Gasteiger partial charge >= 0.3 is 0 Å². The van der Waals surface area contributed by atoms with E-state index in [9.17, 15) is 10.1 Å². The van der Waals surface area contributed by atoms with Gasteiger partial charge in [0.2, 0.25) is 5.91 Å². The predicted molar refractivity (Wildman–Crippen MR) is 87.3 cm³/mol. The zero-order chi connectivity index (χ0) is 15.9. The standard InChI is InChI=1S/C16H23N3O2S/c1-13(2)15(10-17)18-5-7-19(8-6-18)16(20)12-22-11-14-4-3-9-21-14/h3-4,9,13,15H,5-8,11-12H2,1-2H3/t15-/m0/s1. The number of nitrogens with zero attached hydrogens (tertiary/aromatic N) is 3. The maximum absolute atomic E-state index is 12.2. The number of carbonyl (C=O) groups is 1. The molecule has 1 aromatic rings. The number of hydrogen-bond donors (Lipinski definition) is 0. The van der Waals surface area contributed by atoms with Crippen molar-refractivity contribution in [3.8, 4) is 6.07 Å². The number of furan rings is 1. The van der Waals surface area contributed by atoms with Crippen LogP contribution in [0.2, 0.25) is 0 Å². The first-order valence-corrected chi connectivity index (χ1v) is 8.79. The topological polar surface area (TPSA) is 60.5 Å². The molecule has 0 spiro atoms. The molecule has 1 fully saturated rings. The van der Waals surface area contributed by atoms with Crippen molar-refractivity contribution in [3.05, 3.63) is 24.2 Å². The van der Waals surface area contributed by atoms with Gasteiger partial charge in [-0.25, -0.2) is 0 Å². The van der Waals surface area contributed by atoms with E-state index in [4.69, 9.17) is 4.42 Å². The minimum absolute atomic E-state index is 0.0504. The first-order valence-electron chi connectivity index (χ1n) is 7.63. The van der Waals surface area contributed by atoms with Gasteiger partial charge in [0.1, 0.15) is 11.8 Å². The van der Waals surface area contributed by atoms with Crippen LogP contribution in [0.5, 0.6) is 0 Å². The molecule has 1 amide bonds. The summed E-state index contributed by atoms with van der Waals surface area (Å²) in [5, 5.41) is 9.25. The van der Waals surface area contributed by atoms with Gasteiger partial charge in [-0.1, -0.05) is 13.8 Å². The van der Waals surface area contributed by atoms with Crippen LogP contribution < -0.4 is 0 Å². The van der Waals surface area contributed by atoms with Gasteiger partial charge in [0.05, 0.1) is 23.8 Å². The second-order valence-corrected chi connectivity index (χ2v) is 6.79. The normalized spacial score (nSPS) is 17.5. The molecule has 2 rings (SSSR count). The second-order valence-electron chi connectivity index (χ2n) is 5.81. The fourth-order valence-electron chi connectivity index (χ4n) is 2.63. The van der Waals surface area contributed by atoms with Crippen molar-refractivity contribution in [1.29, 1.82) is 5.26 Å². The van der Waals surface area contributed by atoms with E-state index in [1.165, 1.54) is 0 Å². The minimum atomic E-state index is -0.0504. The van der Waals surface area contributed by atoms with E-state index in [0.717, 1.165) is 24.6 Å². The molecular formula is C16H23N3O2S. The van der Waals surface area contributed by atoms with Crippen LogP contribution in [0.15, 0.2) is 22.8 Å². The molecule has 6 heteroatoms. The maximum atomic E-state index is 12.2. The average molecular weight is 321 g/mol. The largest absolute Gasteiger partial charge is 0.468 e. The first-order chi connectivity index (χ1) is 10.6. The monoisotopic (exact) mass is 321 g/mol. The van der Waals surface area contributed by atoms with Crippen LogP contribution in [0.25, 0.3) is 0 Å². The van der Waals surface area contributed by atoms with Crippen LogP contribution >= 0.6 is 11.8 Å². The molecule has 0 aromatic carbocycles. The van der Waals surface area contributed by atoms with Crippen molar-refractivity contribution in [3.63, 3.8) is 0 Å². The van der Waals surface area contributed by atoms with Crippen molar-refractivity contribution in [1.82, 2.24) is 9.80 Å². The van der Waals surface area contributed by atoms with Gasteiger partial charge in [-0.05, 0) is 18.1 Å². The first kappa shape index (κ1) is 16.9. The molecule has 1 aliphatic heterocycles. The number of hydrogen-bond acceptors (Lipinski definition) is 5. The van der Waals surface area contributed by atoms with Crippen LogP contribution in [-0.2, 0) is 10.5 Å². The number of rotatable bonds is 6. The summed E-state index contributed by atoms with van der Waals surface area (Å²) >= 11 is 1.58. The van der Waals surface area contributed by atoms with Gasteiger partial charge < -0.3 is 9.32 Å². The van der Waals surface area contributed by atoms with Gasteiger partial charge in [0.25, 0.3) is 0 Å². The number of piperazine rings is 1. The Morgan fingerprint density at radius 3 is 2.68 bits per heavy atom. The molecule has 22 heavy (non-hydrogen) atoms. The molecule has 5 nitrogen and oxygen atoms in total. The van der Waals surface area contributed by atoms with E-state index < -0.39 is 0 Å². The van der Waals surface area contributed by atoms with Crippen molar-refractivity contribution < 1.29 is 9.21 Å². The van der Waals surface area contributed by atoms with Crippen LogP contribution in [0.4, 0.5) is 0 Å². The summed E-state index contributed by atoms with van der Waals surface area (Å²) in [5.41, 5.74) is 0. The third-order valence-electron chi connectivity index (χ3n) is 3.87. The molecule has 0 unspecified atom stereocenters. The van der Waals surface area contributed by atoms with Gasteiger partial charge in [0.15, 0.2) is 0 Å². The summed E-state index contributed by atoms with van der Waals surface area (Å²) in [5.74, 6) is 2.59. The van der Waals surface area contributed by atoms with Gasteiger partial charge in [-0.2, -0.15) is 5.26 Å². The summed E-state index contributed by atoms with van der Waals surface area (Å²) < 4.78 is 5.25. The van der Waals surface area contributed by atoms with E-state index in [-0.39, 0.29) is 11.9 Å². The molecule has 120 valence electrons. The number of nitriles is 1. The smallest absolute Gasteiger partial charge is 0.232 e. The average Bonchev–Trinajstić information content (AvgIpc) is 3.01. The Morgan fingerprint density at radius 1 is 1.41 bits per heavy atom. The van der Waals surface area contributed by atoms with E-state index in [0.29, 0.717) is 24.8 Å². The highest BCUT2D eigenvalue weighted by atomic mass is 32.2. The zero-order valence-corrected chi connectivity index (χ0v) is 14.0. The van der Waals surface area contributed by atoms with E-state index in [1.807, 2.05) is 17.0 Å². The Balaban J connectivity index is 1.72.